The number of hydrogen-bond acceptors (Lipinski definition) is 4. The van der Waals surface area contributed by atoms with Crippen LogP contribution in [-0.2, 0) is 4.79 Å². The lowest BCUT2D eigenvalue weighted by molar-refractivity contribution is -0.118. The third-order valence-electron chi connectivity index (χ3n) is 5.90. The molecule has 4 rings (SSSR count). The predicted molar refractivity (Wildman–Crippen MR) is 165 cm³/mol. The largest absolute Gasteiger partial charge is 0.357 e. The molecular formula is C30H36ClN5OS. The van der Waals surface area contributed by atoms with E-state index < -0.39 is 10.0 Å². The Bertz CT molecular complexity index is 1380. The van der Waals surface area contributed by atoms with E-state index in [1.165, 1.54) is 11.8 Å². The molecule has 200 valence electrons. The molecular weight excluding hydrogens is 514 g/mol. The molecule has 0 bridgehead atoms. The first-order chi connectivity index (χ1) is 17.9. The number of carbonyl (C=O) groups excluding carboxylic acids is 1. The van der Waals surface area contributed by atoms with E-state index in [1.54, 1.807) is 11.8 Å². The molecule has 0 spiro atoms. The van der Waals surface area contributed by atoms with Gasteiger partial charge in [0.25, 0.3) is 0 Å². The summed E-state index contributed by atoms with van der Waals surface area (Å²) >= 11 is 6.12. The molecule has 1 heterocycles. The molecule has 3 aromatic carbocycles. The van der Waals surface area contributed by atoms with Crippen LogP contribution in [0.4, 0.5) is 5.69 Å². The number of anilines is 1. The third kappa shape index (κ3) is 7.11. The van der Waals surface area contributed by atoms with Crippen molar-refractivity contribution in [1.82, 2.24) is 5.32 Å². The van der Waals surface area contributed by atoms with Gasteiger partial charge in [0.2, 0.25) is 5.91 Å². The standard InChI is InChI=1S/C26H27ClN4S.C4H9NO/c1-17(28)31-24-13-10-20(19-6-5-7-22(14-19)32(2,3)4)15-23(24)26(30-16-25(31)29)18-8-11-21(27)12-9-18;1-3-5-4(2)6/h5-15,28-29H,16H2,1-4H3;3H2,1-2H3,(H,5,6). The van der Waals surface area contributed by atoms with Crippen LogP contribution in [0.15, 0.2) is 76.6 Å². The highest BCUT2D eigenvalue weighted by Crippen LogP contribution is 2.46. The summed E-state index contributed by atoms with van der Waals surface area (Å²) < 4.78 is 0. The van der Waals surface area contributed by atoms with Crippen LogP contribution in [0.2, 0.25) is 5.02 Å². The number of aliphatic imine (C=N–C) groups is 1. The van der Waals surface area contributed by atoms with Crippen molar-refractivity contribution in [3.05, 3.63) is 82.9 Å². The van der Waals surface area contributed by atoms with E-state index in [4.69, 9.17) is 27.4 Å². The summed E-state index contributed by atoms with van der Waals surface area (Å²) in [6, 6.07) is 22.6. The number of benzene rings is 3. The SMILES string of the molecule is CC(=N)N1C(=N)CN=C(c2ccc(Cl)cc2)c2cc(-c3cccc(S(C)(C)C)c3)ccc21.CCNC(C)=O. The number of fused-ring (bicyclic) bond motifs is 1. The van der Waals surface area contributed by atoms with Gasteiger partial charge < -0.3 is 5.32 Å². The van der Waals surface area contributed by atoms with E-state index in [9.17, 15) is 4.79 Å². The van der Waals surface area contributed by atoms with Crippen molar-refractivity contribution in [2.24, 2.45) is 4.99 Å². The Morgan fingerprint density at radius 3 is 2.18 bits per heavy atom. The molecule has 1 amide bonds. The second-order valence-corrected chi connectivity index (χ2v) is 14.3. The summed E-state index contributed by atoms with van der Waals surface area (Å²) in [7, 11) is -0.842. The van der Waals surface area contributed by atoms with Crippen LogP contribution in [0.25, 0.3) is 11.1 Å². The van der Waals surface area contributed by atoms with Crippen LogP contribution < -0.4 is 10.2 Å². The normalized spacial score (nSPS) is 13.4. The van der Waals surface area contributed by atoms with Crippen molar-refractivity contribution in [1.29, 1.82) is 10.8 Å². The van der Waals surface area contributed by atoms with Gasteiger partial charge in [0.05, 0.1) is 17.9 Å². The fourth-order valence-corrected chi connectivity index (χ4v) is 5.19. The highest BCUT2D eigenvalue weighted by atomic mass is 35.5. The van der Waals surface area contributed by atoms with Crippen molar-refractivity contribution in [3.8, 4) is 11.1 Å². The molecule has 3 aromatic rings. The number of hydrogen-bond donors (Lipinski definition) is 3. The molecule has 0 saturated heterocycles. The molecule has 0 aliphatic carbocycles. The summed E-state index contributed by atoms with van der Waals surface area (Å²) in [6.45, 7) is 6.04. The number of benzodiazepines with no additional fused rings is 1. The smallest absolute Gasteiger partial charge is 0.216 e. The number of nitrogens with one attached hydrogen (secondary N) is 3. The Hall–Kier alpha value is -3.42. The van der Waals surface area contributed by atoms with Crippen LogP contribution in [-0.4, -0.2) is 55.1 Å². The zero-order chi connectivity index (χ0) is 28.0. The molecule has 1 aliphatic rings. The molecule has 1 aliphatic heterocycles. The Labute approximate surface area is 232 Å². The number of amides is 1. The molecule has 3 N–H and O–H groups in total. The fourth-order valence-electron chi connectivity index (χ4n) is 4.10. The Kier molecular flexibility index (Phi) is 9.52. The minimum Gasteiger partial charge on any atom is -0.357 e. The van der Waals surface area contributed by atoms with Crippen molar-refractivity contribution >= 4 is 50.6 Å². The quantitative estimate of drug-likeness (QED) is 0.246. The zero-order valence-electron chi connectivity index (χ0n) is 22.9. The topological polar surface area (TPSA) is 92.4 Å². The maximum absolute atomic E-state index is 9.93. The molecule has 0 fully saturated rings. The second kappa shape index (κ2) is 12.4. The molecule has 0 atom stereocenters. The molecule has 0 saturated carbocycles. The fraction of sp³-hybridized carbons (Fsp3) is 0.267. The van der Waals surface area contributed by atoms with Gasteiger partial charge in [-0.15, -0.1) is 0 Å². The van der Waals surface area contributed by atoms with Gasteiger partial charge in [0, 0.05) is 29.6 Å². The summed E-state index contributed by atoms with van der Waals surface area (Å²) in [6.07, 6.45) is 6.89. The number of nitrogens with zero attached hydrogens (tertiary/aromatic N) is 2. The van der Waals surface area contributed by atoms with Crippen LogP contribution >= 0.6 is 21.6 Å². The number of amidine groups is 2. The lowest BCUT2D eigenvalue weighted by Gasteiger charge is -2.26. The average molecular weight is 550 g/mol. The molecule has 38 heavy (non-hydrogen) atoms. The van der Waals surface area contributed by atoms with E-state index in [2.05, 4.69) is 60.5 Å². The van der Waals surface area contributed by atoms with Crippen LogP contribution in [0.1, 0.15) is 31.9 Å². The van der Waals surface area contributed by atoms with Gasteiger partial charge in [0.1, 0.15) is 11.7 Å². The van der Waals surface area contributed by atoms with Gasteiger partial charge >= 0.3 is 0 Å². The Balaban J connectivity index is 0.000000599. The van der Waals surface area contributed by atoms with E-state index in [0.29, 0.717) is 10.9 Å². The first-order valence-corrected chi connectivity index (χ1v) is 15.6. The Morgan fingerprint density at radius 2 is 1.63 bits per heavy atom. The summed E-state index contributed by atoms with van der Waals surface area (Å²) in [4.78, 5) is 17.7. The third-order valence-corrected chi connectivity index (χ3v) is 7.82. The molecule has 0 radical (unpaired) electrons. The first kappa shape index (κ1) is 29.1. The lowest BCUT2D eigenvalue weighted by atomic mass is 9.95. The summed E-state index contributed by atoms with van der Waals surface area (Å²) in [5, 5.41) is 20.0. The van der Waals surface area contributed by atoms with E-state index in [1.807, 2.05) is 37.3 Å². The second-order valence-electron chi connectivity index (χ2n) is 9.72. The van der Waals surface area contributed by atoms with Crippen molar-refractivity contribution in [3.63, 3.8) is 0 Å². The number of halogens is 1. The maximum Gasteiger partial charge on any atom is 0.216 e. The summed E-state index contributed by atoms with van der Waals surface area (Å²) in [5.74, 6) is 0.626. The highest BCUT2D eigenvalue weighted by molar-refractivity contribution is 8.32. The van der Waals surface area contributed by atoms with Gasteiger partial charge in [-0.3, -0.25) is 25.5 Å². The average Bonchev–Trinajstić information content (AvgIpc) is 3.00. The Morgan fingerprint density at radius 1 is 1.00 bits per heavy atom. The van der Waals surface area contributed by atoms with Crippen molar-refractivity contribution in [2.75, 3.05) is 36.8 Å². The van der Waals surface area contributed by atoms with Crippen LogP contribution in [0.5, 0.6) is 0 Å². The monoisotopic (exact) mass is 549 g/mol. The van der Waals surface area contributed by atoms with Gasteiger partial charge in [0.15, 0.2) is 0 Å². The van der Waals surface area contributed by atoms with Gasteiger partial charge in [-0.05, 0) is 79.0 Å². The number of rotatable bonds is 4. The first-order valence-electron chi connectivity index (χ1n) is 12.3. The van der Waals surface area contributed by atoms with Crippen molar-refractivity contribution in [2.45, 2.75) is 25.7 Å². The predicted octanol–water partition coefficient (Wildman–Crippen LogP) is 6.83. The van der Waals surface area contributed by atoms with E-state index in [0.717, 1.165) is 40.2 Å². The van der Waals surface area contributed by atoms with Crippen LogP contribution in [0, 0.1) is 10.8 Å². The lowest BCUT2D eigenvalue weighted by Crippen LogP contribution is -2.35. The summed E-state index contributed by atoms with van der Waals surface area (Å²) in [5.41, 5.74) is 5.71. The molecule has 8 heteroatoms. The van der Waals surface area contributed by atoms with Gasteiger partial charge in [-0.2, -0.15) is 0 Å². The molecule has 6 nitrogen and oxygen atoms in total. The number of carbonyl (C=O) groups is 1. The minimum atomic E-state index is -0.842. The highest BCUT2D eigenvalue weighted by Gasteiger charge is 2.25. The molecule has 0 aromatic heterocycles. The molecule has 0 unspecified atom stereocenters. The van der Waals surface area contributed by atoms with Gasteiger partial charge in [-0.1, -0.05) is 48.0 Å². The zero-order valence-corrected chi connectivity index (χ0v) is 24.4. The van der Waals surface area contributed by atoms with Crippen LogP contribution in [0.3, 0.4) is 0 Å². The van der Waals surface area contributed by atoms with E-state index >= 15 is 0 Å². The van der Waals surface area contributed by atoms with E-state index in [-0.39, 0.29) is 18.3 Å². The maximum atomic E-state index is 9.93. The van der Waals surface area contributed by atoms with Crippen molar-refractivity contribution < 1.29 is 4.79 Å². The minimum absolute atomic E-state index is 0.0394. The van der Waals surface area contributed by atoms with Gasteiger partial charge in [-0.25, -0.2) is 10.0 Å².